The van der Waals surface area contributed by atoms with Gasteiger partial charge in [0.05, 0.1) is 33.1 Å². The maximum absolute atomic E-state index is 6.31. The van der Waals surface area contributed by atoms with Crippen molar-refractivity contribution in [2.24, 2.45) is 0 Å². The summed E-state index contributed by atoms with van der Waals surface area (Å²) in [5.41, 5.74) is 20.0. The maximum atomic E-state index is 6.31. The third kappa shape index (κ3) is 9.76. The Balaban J connectivity index is 0.000000102. The van der Waals surface area contributed by atoms with Crippen molar-refractivity contribution < 1.29 is 4.42 Å². The quantitative estimate of drug-likeness (QED) is 0.153. The van der Waals surface area contributed by atoms with E-state index in [-0.39, 0.29) is 0 Å². The van der Waals surface area contributed by atoms with Gasteiger partial charge in [0.15, 0.2) is 0 Å². The van der Waals surface area contributed by atoms with E-state index in [1.54, 1.807) is 0 Å². The largest absolute Gasteiger partial charge is 0.455 e. The van der Waals surface area contributed by atoms with Crippen molar-refractivity contribution in [1.82, 2.24) is 13.7 Å². The maximum Gasteiger partial charge on any atom is 0.143 e. The topological polar surface area (TPSA) is 27.9 Å². The van der Waals surface area contributed by atoms with Crippen LogP contribution in [0.2, 0.25) is 0 Å². The van der Waals surface area contributed by atoms with Crippen LogP contribution in [0.1, 0.15) is 0 Å². The van der Waals surface area contributed by atoms with Crippen molar-refractivity contribution >= 4 is 152 Å². The zero-order valence-corrected chi connectivity index (χ0v) is 57.8. The summed E-state index contributed by atoms with van der Waals surface area (Å²) in [7, 11) is 0. The number of rotatable bonds is 6. The Morgan fingerprint density at radius 3 is 0.953 bits per heavy atom. The van der Waals surface area contributed by atoms with Crippen LogP contribution in [0.3, 0.4) is 0 Å². The van der Waals surface area contributed by atoms with E-state index in [0.29, 0.717) is 0 Å². The lowest BCUT2D eigenvalue weighted by Crippen LogP contribution is -1.92. The second kappa shape index (κ2) is 24.9. The summed E-state index contributed by atoms with van der Waals surface area (Å²) < 4.78 is 13.4. The number of hydrogen-bond acceptors (Lipinski definition) is 1. The molecule has 23 aromatic rings. The molecule has 0 amide bonds. The average Bonchev–Trinajstić information content (AvgIpc) is 0.756. The van der Waals surface area contributed by atoms with Crippen LogP contribution in [0.4, 0.5) is 0 Å². The molecular weight excluding hydrogens is 1280 g/mol. The molecule has 0 aliphatic rings. The Bertz CT molecular complexity index is 7370. The fourth-order valence-corrected chi connectivity index (χ4v) is 17.3. The third-order valence-electron chi connectivity index (χ3n) is 21.9. The smallest absolute Gasteiger partial charge is 0.143 e. The summed E-state index contributed by atoms with van der Waals surface area (Å²) in [6.07, 6.45) is 0. The van der Waals surface area contributed by atoms with Crippen molar-refractivity contribution in [3.8, 4) is 50.4 Å². The summed E-state index contributed by atoms with van der Waals surface area (Å²) in [5, 5.41) is 25.6. The normalized spacial score (nSPS) is 11.8. The fraction of sp³-hybridized carbons (Fsp3) is 0. The van der Waals surface area contributed by atoms with Gasteiger partial charge in [-0.3, -0.25) is 0 Å². The molecule has 0 radical (unpaired) electrons. The first-order valence-corrected chi connectivity index (χ1v) is 36.5. The number of aromatic nitrogens is 3. The standard InChI is InChI=1S/2C36H23N.C30H19NO/c1-2-11-25(12-3-1)37-34-19-9-8-17-32(34)36-26(18-10-20-35(36)37)24-21-22-31-29-15-5-4-13-27(29)28-14-6-7-16-30(28)33(31)23-24;1-2-10-26(11-3-1)37-35-17-9-8-16-32(35)34-23-25(19-21-36(34)37)24-18-20-31-29-14-5-4-12-27(29)28-13-6-7-15-30(28)33(31)22-24;1-2-9-21(10-3-1)31-27-15-6-4-11-23(27)26-19-20(17-18-28(26)31)22-13-8-14-25-24-12-5-7-16-29(24)32-30(22)25/h2*1-23H;1-19H. The highest BCUT2D eigenvalue weighted by atomic mass is 16.3. The predicted octanol–water partition coefficient (Wildman–Crippen LogP) is 28.2. The van der Waals surface area contributed by atoms with Crippen molar-refractivity contribution in [2.45, 2.75) is 0 Å². The van der Waals surface area contributed by atoms with Gasteiger partial charge in [-0.05, 0) is 196 Å². The van der Waals surface area contributed by atoms with Crippen molar-refractivity contribution in [2.75, 3.05) is 0 Å². The summed E-state index contributed by atoms with van der Waals surface area (Å²) in [6.45, 7) is 0. The molecule has 0 spiro atoms. The molecule has 4 nitrogen and oxygen atoms in total. The van der Waals surface area contributed by atoms with E-state index >= 15 is 0 Å². The molecule has 4 aromatic heterocycles. The van der Waals surface area contributed by atoms with Gasteiger partial charge in [-0.15, -0.1) is 0 Å². The molecule has 4 heterocycles. The minimum absolute atomic E-state index is 0.928. The van der Waals surface area contributed by atoms with Gasteiger partial charge in [-0.25, -0.2) is 0 Å². The van der Waals surface area contributed by atoms with Crippen LogP contribution in [0.25, 0.3) is 202 Å². The van der Waals surface area contributed by atoms with Gasteiger partial charge in [0, 0.05) is 65.7 Å². The molecule has 0 unspecified atom stereocenters. The second-order valence-electron chi connectivity index (χ2n) is 27.7. The Kier molecular flexibility index (Phi) is 14.2. The molecule has 0 aliphatic heterocycles. The number of benzene rings is 19. The number of furan rings is 1. The Hall–Kier alpha value is -14.1. The SMILES string of the molecule is c1ccc(-n2c3ccccc3c3c(-c4ccc5c6ccccc6c6ccccc6c5c4)cccc32)cc1.c1ccc(-n2c3ccccc3c3cc(-c4ccc5c6ccccc6c6ccccc6c5c4)ccc32)cc1.c1ccc(-n2c3ccccc3c3cc(-c4cccc5c4oc4ccccc45)ccc32)cc1. The Labute approximate surface area is 610 Å². The molecule has 0 fully saturated rings. The predicted molar refractivity (Wildman–Crippen MR) is 451 cm³/mol. The zero-order valence-electron chi connectivity index (χ0n) is 57.8. The highest BCUT2D eigenvalue weighted by Crippen LogP contribution is 2.45. The van der Waals surface area contributed by atoms with Crippen LogP contribution in [0, 0.1) is 0 Å². The molecule has 0 saturated heterocycles. The Morgan fingerprint density at radius 2 is 0.453 bits per heavy atom. The first-order valence-electron chi connectivity index (χ1n) is 36.5. The molecule has 23 rings (SSSR count). The van der Waals surface area contributed by atoms with Crippen LogP contribution in [0.15, 0.2) is 399 Å². The highest BCUT2D eigenvalue weighted by molar-refractivity contribution is 6.28. The molecule has 0 N–H and O–H groups in total. The molecule has 4 heteroatoms. The average molecular weight is 1350 g/mol. The Morgan fingerprint density at radius 1 is 0.160 bits per heavy atom. The van der Waals surface area contributed by atoms with Crippen LogP contribution in [-0.2, 0) is 0 Å². The van der Waals surface area contributed by atoms with Crippen LogP contribution >= 0.6 is 0 Å². The van der Waals surface area contributed by atoms with Crippen LogP contribution in [0.5, 0.6) is 0 Å². The van der Waals surface area contributed by atoms with E-state index < -0.39 is 0 Å². The summed E-state index contributed by atoms with van der Waals surface area (Å²) >= 11 is 0. The number of fused-ring (bicyclic) bond motifs is 24. The van der Waals surface area contributed by atoms with Gasteiger partial charge in [-0.2, -0.15) is 0 Å². The first kappa shape index (κ1) is 60.7. The zero-order chi connectivity index (χ0) is 69.8. The van der Waals surface area contributed by atoms with Gasteiger partial charge in [-0.1, -0.05) is 291 Å². The summed E-state index contributed by atoms with van der Waals surface area (Å²) in [5.74, 6) is 0. The fourth-order valence-electron chi connectivity index (χ4n) is 17.3. The highest BCUT2D eigenvalue weighted by Gasteiger charge is 2.21. The van der Waals surface area contributed by atoms with Crippen LogP contribution in [-0.4, -0.2) is 13.7 Å². The van der Waals surface area contributed by atoms with E-state index in [1.807, 2.05) is 12.1 Å². The van der Waals surface area contributed by atoms with Gasteiger partial charge < -0.3 is 18.1 Å². The molecule has 494 valence electrons. The number of hydrogen-bond donors (Lipinski definition) is 0. The van der Waals surface area contributed by atoms with Gasteiger partial charge in [0.2, 0.25) is 0 Å². The molecule has 0 bridgehead atoms. The third-order valence-corrected chi connectivity index (χ3v) is 21.9. The van der Waals surface area contributed by atoms with Gasteiger partial charge in [0.1, 0.15) is 11.2 Å². The lowest BCUT2D eigenvalue weighted by atomic mass is 9.91. The minimum atomic E-state index is 0.928. The van der Waals surface area contributed by atoms with Gasteiger partial charge >= 0.3 is 0 Å². The number of para-hydroxylation sites is 8. The molecular formula is C102H65N3O. The van der Waals surface area contributed by atoms with E-state index in [0.717, 1.165) is 33.1 Å². The van der Waals surface area contributed by atoms with Gasteiger partial charge in [0.25, 0.3) is 0 Å². The molecule has 106 heavy (non-hydrogen) atoms. The van der Waals surface area contributed by atoms with E-state index in [2.05, 4.69) is 396 Å². The van der Waals surface area contributed by atoms with E-state index in [4.69, 9.17) is 4.42 Å². The molecule has 0 aliphatic carbocycles. The van der Waals surface area contributed by atoms with E-state index in [1.165, 1.54) is 169 Å². The summed E-state index contributed by atoms with van der Waals surface area (Å²) in [6, 6.07) is 142. The van der Waals surface area contributed by atoms with Crippen molar-refractivity contribution in [3.05, 3.63) is 394 Å². The van der Waals surface area contributed by atoms with Crippen LogP contribution < -0.4 is 0 Å². The molecule has 19 aromatic carbocycles. The van der Waals surface area contributed by atoms with E-state index in [9.17, 15) is 0 Å². The first-order chi connectivity index (χ1) is 52.6. The lowest BCUT2D eigenvalue weighted by Gasteiger charge is -2.13. The second-order valence-corrected chi connectivity index (χ2v) is 27.7. The molecule has 0 atom stereocenters. The minimum Gasteiger partial charge on any atom is -0.455 e. The van der Waals surface area contributed by atoms with Crippen molar-refractivity contribution in [3.63, 3.8) is 0 Å². The monoisotopic (exact) mass is 1350 g/mol. The lowest BCUT2D eigenvalue weighted by molar-refractivity contribution is 0.670. The molecule has 0 saturated carbocycles. The summed E-state index contributed by atoms with van der Waals surface area (Å²) in [4.78, 5) is 0. The van der Waals surface area contributed by atoms with Crippen molar-refractivity contribution in [1.29, 1.82) is 0 Å². The number of nitrogens with zero attached hydrogens (tertiary/aromatic N) is 3.